The number of anilines is 2. The third kappa shape index (κ3) is 3.27. The van der Waals surface area contributed by atoms with E-state index in [1.54, 1.807) is 4.68 Å². The molecule has 0 unspecified atom stereocenters. The van der Waals surface area contributed by atoms with Crippen LogP contribution in [0.4, 0.5) is 11.5 Å². The number of fused-ring (bicyclic) bond motifs is 1. The number of amides is 1. The van der Waals surface area contributed by atoms with E-state index >= 15 is 0 Å². The lowest BCUT2D eigenvalue weighted by Gasteiger charge is -2.38. The minimum absolute atomic E-state index is 0.00628. The Balaban J connectivity index is 1.41. The van der Waals surface area contributed by atoms with E-state index in [0.29, 0.717) is 42.3 Å². The fraction of sp³-hybridized carbons (Fsp3) is 0.312. The average Bonchev–Trinajstić information content (AvgIpc) is 3.04. The molecule has 3 aromatic rings. The normalized spacial score (nSPS) is 14.9. The molecule has 28 heavy (non-hydrogen) atoms. The van der Waals surface area contributed by atoms with Crippen LogP contribution in [0.1, 0.15) is 6.92 Å². The highest BCUT2D eigenvalue weighted by Crippen LogP contribution is 2.28. The van der Waals surface area contributed by atoms with Crippen molar-refractivity contribution in [2.24, 2.45) is 11.1 Å². The molecule has 4 rings (SSSR count). The highest BCUT2D eigenvalue weighted by atomic mass is 32.2. The van der Waals surface area contributed by atoms with Crippen LogP contribution in [0.3, 0.4) is 0 Å². The zero-order chi connectivity index (χ0) is 19.9. The van der Waals surface area contributed by atoms with Crippen molar-refractivity contribution >= 4 is 38.6 Å². The number of sulfonamides is 1. The maximum atomic E-state index is 12.4. The van der Waals surface area contributed by atoms with Crippen LogP contribution in [0.15, 0.2) is 35.5 Å². The van der Waals surface area contributed by atoms with Gasteiger partial charge in [0.2, 0.25) is 15.9 Å². The van der Waals surface area contributed by atoms with Gasteiger partial charge in [0.15, 0.2) is 17.0 Å². The van der Waals surface area contributed by atoms with E-state index in [-0.39, 0.29) is 16.7 Å². The maximum Gasteiger partial charge on any atom is 0.238 e. The average molecular weight is 402 g/mol. The first-order valence-electron chi connectivity index (χ1n) is 8.59. The van der Waals surface area contributed by atoms with Gasteiger partial charge in [-0.1, -0.05) is 5.21 Å². The summed E-state index contributed by atoms with van der Waals surface area (Å²) in [6.07, 6.45) is 1.47. The Morgan fingerprint density at radius 2 is 1.96 bits per heavy atom. The first-order chi connectivity index (χ1) is 13.4. The van der Waals surface area contributed by atoms with Gasteiger partial charge in [-0.3, -0.25) is 4.79 Å². The molecule has 0 radical (unpaired) electrons. The van der Waals surface area contributed by atoms with Gasteiger partial charge in [0.05, 0.1) is 10.8 Å². The van der Waals surface area contributed by atoms with E-state index < -0.39 is 10.0 Å². The van der Waals surface area contributed by atoms with Gasteiger partial charge in [0, 0.05) is 25.3 Å². The Hall–Kier alpha value is -3.12. The van der Waals surface area contributed by atoms with Gasteiger partial charge in [0.25, 0.3) is 0 Å². The summed E-state index contributed by atoms with van der Waals surface area (Å²) >= 11 is 0. The van der Waals surface area contributed by atoms with Crippen LogP contribution in [0.5, 0.6) is 0 Å². The quantitative estimate of drug-likeness (QED) is 0.604. The lowest BCUT2D eigenvalue weighted by atomic mass is 9.99. The molecule has 1 aliphatic heterocycles. The molecular formula is C16H18N8O3S. The Bertz CT molecular complexity index is 1140. The number of hydrogen-bond donors (Lipinski definition) is 2. The standard InChI is InChI=1S/C16H18N8O3S/c1-2-24-15-13(21-22-24)14(18-9-19-15)23-7-10(8-23)16(25)20-11-3-5-12(6-4-11)28(17,26)27/h3-6,9-10H,2,7-8H2,1H3,(H,20,25)(H2,17,26,27). The molecule has 1 saturated heterocycles. The SMILES string of the molecule is CCn1nnc2c(N3CC(C(=O)Nc4ccc(S(N)(=O)=O)cc4)C3)ncnc21. The number of carbonyl (C=O) groups is 1. The number of nitrogens with one attached hydrogen (secondary N) is 1. The first-order valence-corrected chi connectivity index (χ1v) is 10.1. The molecule has 0 aliphatic carbocycles. The minimum atomic E-state index is -3.76. The number of nitrogens with zero attached hydrogens (tertiary/aromatic N) is 6. The molecule has 0 atom stereocenters. The Labute approximate surface area is 160 Å². The minimum Gasteiger partial charge on any atom is -0.353 e. The van der Waals surface area contributed by atoms with Crippen molar-refractivity contribution in [3.63, 3.8) is 0 Å². The summed E-state index contributed by atoms with van der Waals surface area (Å²) in [5, 5.41) is 16.0. The van der Waals surface area contributed by atoms with Gasteiger partial charge in [-0.2, -0.15) is 0 Å². The van der Waals surface area contributed by atoms with E-state index in [2.05, 4.69) is 25.6 Å². The highest BCUT2D eigenvalue weighted by molar-refractivity contribution is 7.89. The van der Waals surface area contributed by atoms with Crippen LogP contribution in [0.2, 0.25) is 0 Å². The first kappa shape index (κ1) is 18.3. The zero-order valence-electron chi connectivity index (χ0n) is 15.0. The highest BCUT2D eigenvalue weighted by Gasteiger charge is 2.35. The van der Waals surface area contributed by atoms with Crippen molar-refractivity contribution in [3.8, 4) is 0 Å². The summed E-state index contributed by atoms with van der Waals surface area (Å²) in [6.45, 7) is 3.59. The molecule has 1 fully saturated rings. The van der Waals surface area contributed by atoms with Gasteiger partial charge >= 0.3 is 0 Å². The Kier molecular flexibility index (Phi) is 4.43. The Morgan fingerprint density at radius 3 is 2.61 bits per heavy atom. The molecule has 12 heteroatoms. The zero-order valence-corrected chi connectivity index (χ0v) is 15.8. The number of aryl methyl sites for hydroxylation is 1. The summed E-state index contributed by atoms with van der Waals surface area (Å²) in [4.78, 5) is 22.9. The molecular weight excluding hydrogens is 384 g/mol. The van der Waals surface area contributed by atoms with E-state index in [4.69, 9.17) is 5.14 Å². The van der Waals surface area contributed by atoms with Gasteiger partial charge in [0.1, 0.15) is 6.33 Å². The number of nitrogens with two attached hydrogens (primary N) is 1. The van der Waals surface area contributed by atoms with Crippen molar-refractivity contribution < 1.29 is 13.2 Å². The monoisotopic (exact) mass is 402 g/mol. The topological polar surface area (TPSA) is 149 Å². The predicted octanol–water partition coefficient (Wildman–Crippen LogP) is -0.0365. The van der Waals surface area contributed by atoms with E-state index in [9.17, 15) is 13.2 Å². The van der Waals surface area contributed by atoms with Gasteiger partial charge in [-0.15, -0.1) is 5.10 Å². The molecule has 0 bridgehead atoms. The summed E-state index contributed by atoms with van der Waals surface area (Å²) in [6, 6.07) is 5.72. The van der Waals surface area contributed by atoms with Gasteiger partial charge in [-0.25, -0.2) is 28.2 Å². The summed E-state index contributed by atoms with van der Waals surface area (Å²) in [5.41, 5.74) is 1.78. The van der Waals surface area contributed by atoms with Crippen LogP contribution in [-0.2, 0) is 21.4 Å². The molecule has 1 aromatic carbocycles. The summed E-state index contributed by atoms with van der Waals surface area (Å²) in [7, 11) is -3.76. The van der Waals surface area contributed by atoms with Crippen LogP contribution in [0.25, 0.3) is 11.2 Å². The lowest BCUT2D eigenvalue weighted by molar-refractivity contribution is -0.120. The fourth-order valence-corrected chi connectivity index (χ4v) is 3.53. The predicted molar refractivity (Wildman–Crippen MR) is 101 cm³/mol. The van der Waals surface area contributed by atoms with Crippen LogP contribution in [-0.4, -0.2) is 52.4 Å². The number of carbonyl (C=O) groups excluding carboxylic acids is 1. The molecule has 11 nitrogen and oxygen atoms in total. The van der Waals surface area contributed by atoms with Gasteiger partial charge in [-0.05, 0) is 31.2 Å². The summed E-state index contributed by atoms with van der Waals surface area (Å²) in [5.74, 6) is 0.289. The van der Waals surface area contributed by atoms with Crippen molar-refractivity contribution in [2.45, 2.75) is 18.4 Å². The number of hydrogen-bond acceptors (Lipinski definition) is 8. The lowest BCUT2D eigenvalue weighted by Crippen LogP contribution is -2.52. The largest absolute Gasteiger partial charge is 0.353 e. The second-order valence-corrected chi connectivity index (χ2v) is 8.00. The number of aromatic nitrogens is 5. The second kappa shape index (κ2) is 6.80. The van der Waals surface area contributed by atoms with Crippen LogP contribution in [0, 0.1) is 5.92 Å². The van der Waals surface area contributed by atoms with E-state index in [1.165, 1.54) is 30.6 Å². The summed E-state index contributed by atoms with van der Waals surface area (Å²) < 4.78 is 24.2. The van der Waals surface area contributed by atoms with Crippen molar-refractivity contribution in [1.82, 2.24) is 25.0 Å². The smallest absolute Gasteiger partial charge is 0.238 e. The molecule has 3 heterocycles. The fourth-order valence-electron chi connectivity index (χ4n) is 3.01. The van der Waals surface area contributed by atoms with Crippen molar-refractivity contribution in [1.29, 1.82) is 0 Å². The third-order valence-electron chi connectivity index (χ3n) is 4.58. The second-order valence-electron chi connectivity index (χ2n) is 6.44. The third-order valence-corrected chi connectivity index (χ3v) is 5.51. The number of benzene rings is 1. The van der Waals surface area contributed by atoms with E-state index in [1.807, 2.05) is 11.8 Å². The number of primary sulfonamides is 1. The molecule has 1 aliphatic rings. The maximum absolute atomic E-state index is 12.4. The van der Waals surface area contributed by atoms with Crippen molar-refractivity contribution in [2.75, 3.05) is 23.3 Å². The number of rotatable bonds is 5. The Morgan fingerprint density at radius 1 is 1.25 bits per heavy atom. The van der Waals surface area contributed by atoms with Crippen molar-refractivity contribution in [3.05, 3.63) is 30.6 Å². The molecule has 1 amide bonds. The van der Waals surface area contributed by atoms with Gasteiger partial charge < -0.3 is 10.2 Å². The molecule has 146 valence electrons. The molecule has 2 aromatic heterocycles. The van der Waals surface area contributed by atoms with Crippen LogP contribution >= 0.6 is 0 Å². The molecule has 0 saturated carbocycles. The van der Waals surface area contributed by atoms with E-state index in [0.717, 1.165) is 0 Å². The molecule has 3 N–H and O–H groups in total. The molecule has 0 spiro atoms. The van der Waals surface area contributed by atoms with Crippen LogP contribution < -0.4 is 15.4 Å².